The lowest BCUT2D eigenvalue weighted by Gasteiger charge is -2.38. The molecule has 0 radical (unpaired) electrons. The number of ether oxygens (including phenoxy) is 7. The maximum atomic E-state index is 14.2. The van der Waals surface area contributed by atoms with E-state index in [9.17, 15) is 14.2 Å². The van der Waals surface area contributed by atoms with E-state index >= 15 is 0 Å². The van der Waals surface area contributed by atoms with Gasteiger partial charge in [-0.25, -0.2) is 9.36 Å². The number of phosphoric ester groups is 1. The molecule has 5 saturated heterocycles. The topological polar surface area (TPSA) is 164 Å². The van der Waals surface area contributed by atoms with Gasteiger partial charge in [0.25, 0.3) is 5.56 Å². The maximum Gasteiger partial charge on any atom is 0.476 e. The lowest BCUT2D eigenvalue weighted by molar-refractivity contribution is -0.232. The Morgan fingerprint density at radius 3 is 2.30 bits per heavy atom. The molecule has 6 heterocycles. The van der Waals surface area contributed by atoms with Crippen LogP contribution in [0.15, 0.2) is 40.1 Å². The second-order valence-electron chi connectivity index (χ2n) is 12.3. The fraction of sp³-hybridized carbons (Fsp3) is 0.643. The fourth-order valence-electron chi connectivity index (χ4n) is 6.30. The van der Waals surface area contributed by atoms with Gasteiger partial charge < -0.3 is 33.2 Å². The molecule has 2 aromatic rings. The molecule has 1 aromatic heterocycles. The molecule has 1 aromatic carbocycles. The van der Waals surface area contributed by atoms with Crippen molar-refractivity contribution in [1.82, 2.24) is 9.55 Å². The molecule has 44 heavy (non-hydrogen) atoms. The Morgan fingerprint density at radius 2 is 1.57 bits per heavy atom. The number of hydrogen-bond acceptors (Lipinski definition) is 13. The Morgan fingerprint density at radius 1 is 0.886 bits per heavy atom. The van der Waals surface area contributed by atoms with Crippen LogP contribution in [0.2, 0.25) is 0 Å². The zero-order valence-electron chi connectivity index (χ0n) is 25.0. The summed E-state index contributed by atoms with van der Waals surface area (Å²) in [5.41, 5.74) is -0.200. The second-order valence-corrected chi connectivity index (χ2v) is 13.9. The molecule has 7 rings (SSSR count). The predicted molar refractivity (Wildman–Crippen MR) is 148 cm³/mol. The van der Waals surface area contributed by atoms with Crippen LogP contribution in [-0.2, 0) is 46.6 Å². The van der Waals surface area contributed by atoms with E-state index in [-0.39, 0.29) is 6.61 Å². The van der Waals surface area contributed by atoms with Gasteiger partial charge in [0.2, 0.25) is 0 Å². The molecule has 5 aliphatic rings. The molecular weight excluding hydrogens is 603 g/mol. The molecule has 0 saturated carbocycles. The zero-order valence-corrected chi connectivity index (χ0v) is 25.9. The lowest BCUT2D eigenvalue weighted by Crippen LogP contribution is -2.43. The van der Waals surface area contributed by atoms with Crippen molar-refractivity contribution in [1.29, 1.82) is 0 Å². The van der Waals surface area contributed by atoms with E-state index in [2.05, 4.69) is 4.98 Å². The standard InChI is InChI=1S/C28H35N2O13P/c1-13-11-30(26(32)29-23(13)31)24-21-18(38-27(2,3)39-21)16(36-24)12-35-44(33)42-17(14-7-9-15(34-6)10-8-14)19-20(43-44)22-25(37-19)41-28(4,5)40-22/h7-11,16-22,24-25H,12H2,1-6H3,(H,29,31,32)/t16-,17+,18-,19-,20+,21-,22-,24-,25-,44+/m1/s1. The van der Waals surface area contributed by atoms with Crippen molar-refractivity contribution in [2.75, 3.05) is 13.7 Å². The predicted octanol–water partition coefficient (Wildman–Crippen LogP) is 2.43. The van der Waals surface area contributed by atoms with Gasteiger partial charge in [-0.1, -0.05) is 12.1 Å². The zero-order chi connectivity index (χ0) is 31.2. The highest BCUT2D eigenvalue weighted by Gasteiger charge is 2.63. The summed E-state index contributed by atoms with van der Waals surface area (Å²) < 4.78 is 75.3. The van der Waals surface area contributed by atoms with Gasteiger partial charge in [0.15, 0.2) is 24.1 Å². The number of methoxy groups -OCH3 is 1. The van der Waals surface area contributed by atoms with E-state index in [4.69, 9.17) is 46.7 Å². The van der Waals surface area contributed by atoms with Gasteiger partial charge in [-0.2, -0.15) is 0 Å². The Hall–Kier alpha value is -2.43. The highest BCUT2D eigenvalue weighted by atomic mass is 31.2. The number of aryl methyl sites for hydroxylation is 1. The highest BCUT2D eigenvalue weighted by Crippen LogP contribution is 2.63. The van der Waals surface area contributed by atoms with Gasteiger partial charge in [0.05, 0.1) is 13.7 Å². The normalized spacial score (nSPS) is 40.0. The van der Waals surface area contributed by atoms with Crippen LogP contribution in [0.4, 0.5) is 0 Å². The molecule has 1 N–H and O–H groups in total. The molecule has 15 nitrogen and oxygen atoms in total. The minimum atomic E-state index is -4.29. The van der Waals surface area contributed by atoms with Gasteiger partial charge in [-0.3, -0.25) is 27.9 Å². The van der Waals surface area contributed by atoms with Crippen LogP contribution in [0.1, 0.15) is 51.2 Å². The number of fused-ring (bicyclic) bond motifs is 4. The molecule has 0 spiro atoms. The quantitative estimate of drug-likeness (QED) is 0.459. The van der Waals surface area contributed by atoms with Crippen molar-refractivity contribution in [3.63, 3.8) is 0 Å². The number of phosphoric acid groups is 1. The van der Waals surface area contributed by atoms with E-state index in [1.807, 2.05) is 0 Å². The molecule has 16 heteroatoms. The number of nitrogens with one attached hydrogen (secondary N) is 1. The third kappa shape index (κ3) is 5.28. The number of hydrogen-bond donors (Lipinski definition) is 1. The van der Waals surface area contributed by atoms with Gasteiger partial charge in [0, 0.05) is 11.8 Å². The summed E-state index contributed by atoms with van der Waals surface area (Å²) in [5.74, 6) is -1.31. The van der Waals surface area contributed by atoms with Crippen LogP contribution in [0.25, 0.3) is 0 Å². The third-order valence-corrected chi connectivity index (χ3v) is 9.66. The van der Waals surface area contributed by atoms with Crippen molar-refractivity contribution < 1.29 is 51.3 Å². The van der Waals surface area contributed by atoms with Crippen LogP contribution in [-0.4, -0.2) is 77.8 Å². The molecule has 0 amide bonds. The maximum absolute atomic E-state index is 14.2. The van der Waals surface area contributed by atoms with Crippen molar-refractivity contribution in [3.8, 4) is 5.75 Å². The minimum absolute atomic E-state index is 0.296. The summed E-state index contributed by atoms with van der Waals surface area (Å²) in [6.45, 7) is 8.26. The van der Waals surface area contributed by atoms with Crippen molar-refractivity contribution >= 4 is 7.82 Å². The van der Waals surface area contributed by atoms with Crippen molar-refractivity contribution in [3.05, 3.63) is 62.4 Å². The molecule has 5 aliphatic heterocycles. The summed E-state index contributed by atoms with van der Waals surface area (Å²) in [5, 5.41) is 0. The smallest absolute Gasteiger partial charge is 0.476 e. The van der Waals surface area contributed by atoms with Crippen molar-refractivity contribution in [2.45, 2.75) is 101 Å². The number of rotatable bonds is 6. The Bertz CT molecular complexity index is 1590. The number of aromatic nitrogens is 2. The average Bonchev–Trinajstić information content (AvgIpc) is 3.65. The first-order chi connectivity index (χ1) is 20.7. The SMILES string of the molecule is COc1ccc([C@@H]2O[P@](=O)(OC[C@H]3O[C@@H](n4cc(C)c(=O)[nH]c4=O)[C@@H]4OC(C)(C)O[C@@H]43)O[C@@H]3[C@H]4OC(C)(C)O[C@H]4O[C@@H]32)cc1. The average molecular weight is 639 g/mol. The number of benzene rings is 1. The second kappa shape index (κ2) is 10.6. The molecule has 10 atom stereocenters. The number of aromatic amines is 1. The molecule has 5 fully saturated rings. The molecule has 0 aliphatic carbocycles. The van der Waals surface area contributed by atoms with Crippen LogP contribution in [0.3, 0.4) is 0 Å². The first-order valence-electron chi connectivity index (χ1n) is 14.3. The summed E-state index contributed by atoms with van der Waals surface area (Å²) >= 11 is 0. The minimum Gasteiger partial charge on any atom is -0.497 e. The summed E-state index contributed by atoms with van der Waals surface area (Å²) in [6, 6.07) is 7.08. The monoisotopic (exact) mass is 638 g/mol. The van der Waals surface area contributed by atoms with E-state index in [0.29, 0.717) is 16.9 Å². The molecule has 240 valence electrons. The largest absolute Gasteiger partial charge is 0.497 e. The first kappa shape index (κ1) is 30.2. The molecular formula is C28H35N2O13P. The Kier molecular flexibility index (Phi) is 7.25. The van der Waals surface area contributed by atoms with Gasteiger partial charge in [0.1, 0.15) is 48.5 Å². The number of H-pyrrole nitrogens is 1. The van der Waals surface area contributed by atoms with Gasteiger partial charge >= 0.3 is 13.5 Å². The van der Waals surface area contributed by atoms with Crippen LogP contribution in [0.5, 0.6) is 5.75 Å². The van der Waals surface area contributed by atoms with Crippen LogP contribution in [0, 0.1) is 6.92 Å². The van der Waals surface area contributed by atoms with E-state index in [1.54, 1.807) is 66.0 Å². The van der Waals surface area contributed by atoms with E-state index < -0.39 is 85.9 Å². The highest BCUT2D eigenvalue weighted by molar-refractivity contribution is 7.48. The van der Waals surface area contributed by atoms with Gasteiger partial charge in [-0.15, -0.1) is 0 Å². The van der Waals surface area contributed by atoms with Crippen LogP contribution < -0.4 is 16.0 Å². The summed E-state index contributed by atoms with van der Waals surface area (Å²) in [6.07, 6.45) is -5.70. The Labute approximate surface area is 252 Å². The lowest BCUT2D eigenvalue weighted by atomic mass is 9.99. The van der Waals surface area contributed by atoms with Crippen LogP contribution >= 0.6 is 7.82 Å². The van der Waals surface area contributed by atoms with Gasteiger partial charge in [-0.05, 0) is 52.3 Å². The third-order valence-electron chi connectivity index (χ3n) is 8.21. The van der Waals surface area contributed by atoms with E-state index in [0.717, 1.165) is 0 Å². The Balaban J connectivity index is 1.15. The molecule has 0 bridgehead atoms. The van der Waals surface area contributed by atoms with Crippen molar-refractivity contribution in [2.24, 2.45) is 0 Å². The summed E-state index contributed by atoms with van der Waals surface area (Å²) in [7, 11) is -2.73. The fourth-order valence-corrected chi connectivity index (χ4v) is 7.86. The van der Waals surface area contributed by atoms with E-state index in [1.165, 1.54) is 10.8 Å². The first-order valence-corrected chi connectivity index (χ1v) is 15.8. The summed E-state index contributed by atoms with van der Waals surface area (Å²) in [4.78, 5) is 27.0. The number of nitrogens with zero attached hydrogens (tertiary/aromatic N) is 1. The molecule has 0 unspecified atom stereocenters.